The van der Waals surface area contributed by atoms with E-state index >= 15 is 0 Å². The quantitative estimate of drug-likeness (QED) is 0.724. The van der Waals surface area contributed by atoms with Gasteiger partial charge in [0.05, 0.1) is 13.2 Å². The second kappa shape index (κ2) is 6.44. The summed E-state index contributed by atoms with van der Waals surface area (Å²) in [6.45, 7) is 6.16. The molecule has 17 heavy (non-hydrogen) atoms. The molecule has 0 bridgehead atoms. The van der Waals surface area contributed by atoms with Crippen LogP contribution in [0.15, 0.2) is 0 Å². The number of carbonyl (C=O) groups excluding carboxylic acids is 2. The Labute approximate surface area is 101 Å². The number of carbonyl (C=O) groups is 2. The van der Waals surface area contributed by atoms with Crippen molar-refractivity contribution >= 4 is 11.9 Å². The van der Waals surface area contributed by atoms with Gasteiger partial charge in [0.2, 0.25) is 5.91 Å². The molecule has 0 aromatic carbocycles. The zero-order valence-electron chi connectivity index (χ0n) is 10.4. The lowest BCUT2D eigenvalue weighted by Crippen LogP contribution is -2.55. The molecule has 2 unspecified atom stereocenters. The monoisotopic (exact) mass is 243 g/mol. The van der Waals surface area contributed by atoms with Gasteiger partial charge in [0.25, 0.3) is 0 Å². The van der Waals surface area contributed by atoms with Crippen LogP contribution >= 0.6 is 0 Å². The summed E-state index contributed by atoms with van der Waals surface area (Å²) in [4.78, 5) is 24.9. The maximum Gasteiger partial charge on any atom is 0.312 e. The normalized spacial score (nSPS) is 19.5. The van der Waals surface area contributed by atoms with Crippen LogP contribution in [-0.4, -0.2) is 49.2 Å². The van der Waals surface area contributed by atoms with Crippen molar-refractivity contribution in [2.75, 3.05) is 26.3 Å². The maximum atomic E-state index is 12.2. The molecule has 1 rings (SSSR count). The topological polar surface area (TPSA) is 84.7 Å². The SMILES string of the molecule is CCC(C)C(NC(N)=O)C(=O)N1CCOCC1. The fourth-order valence-corrected chi connectivity index (χ4v) is 1.82. The first-order chi connectivity index (χ1) is 8.06. The summed E-state index contributed by atoms with van der Waals surface area (Å²) in [5.41, 5.74) is 5.11. The number of nitrogens with two attached hydrogens (primary N) is 1. The highest BCUT2D eigenvalue weighted by Crippen LogP contribution is 2.12. The number of morpholine rings is 1. The Bertz CT molecular complexity index is 277. The van der Waals surface area contributed by atoms with Gasteiger partial charge in [0, 0.05) is 13.1 Å². The van der Waals surface area contributed by atoms with E-state index in [1.54, 1.807) is 4.90 Å². The van der Waals surface area contributed by atoms with E-state index in [9.17, 15) is 9.59 Å². The van der Waals surface area contributed by atoms with Crippen LogP contribution in [0.5, 0.6) is 0 Å². The van der Waals surface area contributed by atoms with Crippen molar-refractivity contribution in [2.24, 2.45) is 11.7 Å². The third-order valence-corrected chi connectivity index (χ3v) is 3.10. The van der Waals surface area contributed by atoms with E-state index in [1.807, 2.05) is 13.8 Å². The van der Waals surface area contributed by atoms with Gasteiger partial charge in [-0.15, -0.1) is 0 Å². The average molecular weight is 243 g/mol. The molecule has 6 nitrogen and oxygen atoms in total. The lowest BCUT2D eigenvalue weighted by Gasteiger charge is -2.32. The molecule has 6 heteroatoms. The van der Waals surface area contributed by atoms with E-state index < -0.39 is 12.1 Å². The molecule has 2 atom stereocenters. The minimum atomic E-state index is -0.656. The molecule has 1 aliphatic heterocycles. The first-order valence-electron chi connectivity index (χ1n) is 5.98. The highest BCUT2D eigenvalue weighted by Gasteiger charge is 2.30. The first-order valence-corrected chi connectivity index (χ1v) is 5.98. The van der Waals surface area contributed by atoms with Gasteiger partial charge in [0.1, 0.15) is 6.04 Å². The van der Waals surface area contributed by atoms with Gasteiger partial charge in [0.15, 0.2) is 0 Å². The van der Waals surface area contributed by atoms with E-state index in [4.69, 9.17) is 10.5 Å². The van der Waals surface area contributed by atoms with Gasteiger partial charge < -0.3 is 20.7 Å². The summed E-state index contributed by atoms with van der Waals surface area (Å²) in [6, 6.07) is -1.19. The molecular formula is C11H21N3O3. The van der Waals surface area contributed by atoms with Crippen molar-refractivity contribution in [3.63, 3.8) is 0 Å². The summed E-state index contributed by atoms with van der Waals surface area (Å²) >= 11 is 0. The molecule has 3 amide bonds. The largest absolute Gasteiger partial charge is 0.378 e. The van der Waals surface area contributed by atoms with Gasteiger partial charge in [-0.05, 0) is 5.92 Å². The number of ether oxygens (including phenoxy) is 1. The maximum absolute atomic E-state index is 12.2. The third kappa shape index (κ3) is 3.89. The number of hydrogen-bond donors (Lipinski definition) is 2. The molecular weight excluding hydrogens is 222 g/mol. The molecule has 0 aliphatic carbocycles. The van der Waals surface area contributed by atoms with Crippen molar-refractivity contribution in [3.8, 4) is 0 Å². The smallest absolute Gasteiger partial charge is 0.312 e. The van der Waals surface area contributed by atoms with Crippen LogP contribution in [0.4, 0.5) is 4.79 Å². The molecule has 98 valence electrons. The van der Waals surface area contributed by atoms with Gasteiger partial charge in [-0.3, -0.25) is 4.79 Å². The lowest BCUT2D eigenvalue weighted by molar-refractivity contribution is -0.138. The van der Waals surface area contributed by atoms with Gasteiger partial charge >= 0.3 is 6.03 Å². The van der Waals surface area contributed by atoms with Crippen molar-refractivity contribution in [1.29, 1.82) is 0 Å². The van der Waals surface area contributed by atoms with Crippen molar-refractivity contribution < 1.29 is 14.3 Å². The standard InChI is InChI=1S/C11H21N3O3/c1-3-8(2)9(13-11(12)16)10(15)14-4-6-17-7-5-14/h8-9H,3-7H2,1-2H3,(H3,12,13,16). The van der Waals surface area contributed by atoms with Crippen LogP contribution in [-0.2, 0) is 9.53 Å². The van der Waals surface area contributed by atoms with E-state index in [-0.39, 0.29) is 11.8 Å². The summed E-state index contributed by atoms with van der Waals surface area (Å²) in [6.07, 6.45) is 0.807. The van der Waals surface area contributed by atoms with Crippen molar-refractivity contribution in [3.05, 3.63) is 0 Å². The number of urea groups is 1. The molecule has 1 saturated heterocycles. The Morgan fingerprint density at radius 1 is 1.41 bits per heavy atom. The number of rotatable bonds is 4. The van der Waals surface area contributed by atoms with Gasteiger partial charge in [-0.25, -0.2) is 4.79 Å². The molecule has 0 spiro atoms. The predicted molar refractivity (Wildman–Crippen MR) is 63.4 cm³/mol. The minimum absolute atomic E-state index is 0.0674. The number of nitrogens with zero attached hydrogens (tertiary/aromatic N) is 1. The Balaban J connectivity index is 2.66. The van der Waals surface area contributed by atoms with Gasteiger partial charge in [-0.1, -0.05) is 20.3 Å². The van der Waals surface area contributed by atoms with E-state index in [0.717, 1.165) is 6.42 Å². The highest BCUT2D eigenvalue weighted by molar-refractivity contribution is 5.86. The van der Waals surface area contributed by atoms with Crippen molar-refractivity contribution in [1.82, 2.24) is 10.2 Å². The van der Waals surface area contributed by atoms with Crippen LogP contribution in [0.2, 0.25) is 0 Å². The number of nitrogens with one attached hydrogen (secondary N) is 1. The average Bonchev–Trinajstić information content (AvgIpc) is 2.35. The zero-order valence-corrected chi connectivity index (χ0v) is 10.4. The number of primary amides is 1. The zero-order chi connectivity index (χ0) is 12.8. The fourth-order valence-electron chi connectivity index (χ4n) is 1.82. The van der Waals surface area contributed by atoms with E-state index in [0.29, 0.717) is 26.3 Å². The second-order valence-electron chi connectivity index (χ2n) is 4.31. The summed E-state index contributed by atoms with van der Waals surface area (Å²) < 4.78 is 5.19. The second-order valence-corrected chi connectivity index (χ2v) is 4.31. The lowest BCUT2D eigenvalue weighted by atomic mass is 9.98. The third-order valence-electron chi connectivity index (χ3n) is 3.10. The first kappa shape index (κ1) is 13.8. The molecule has 1 heterocycles. The van der Waals surface area contributed by atoms with Crippen molar-refractivity contribution in [2.45, 2.75) is 26.3 Å². The summed E-state index contributed by atoms with van der Waals surface area (Å²) in [5.74, 6) is -0.000653. The molecule has 0 saturated carbocycles. The Morgan fingerprint density at radius 3 is 2.47 bits per heavy atom. The molecule has 0 radical (unpaired) electrons. The van der Waals surface area contributed by atoms with Crippen LogP contribution in [0.1, 0.15) is 20.3 Å². The predicted octanol–water partition coefficient (Wildman–Crippen LogP) is -0.0718. The van der Waals surface area contributed by atoms with Crippen LogP contribution in [0.25, 0.3) is 0 Å². The van der Waals surface area contributed by atoms with Gasteiger partial charge in [-0.2, -0.15) is 0 Å². The number of amides is 3. The fraction of sp³-hybridized carbons (Fsp3) is 0.818. The summed E-state index contributed by atoms with van der Waals surface area (Å²) in [5, 5.41) is 2.53. The number of hydrogen-bond acceptors (Lipinski definition) is 3. The molecule has 0 aromatic rings. The van der Waals surface area contributed by atoms with Crippen LogP contribution in [0, 0.1) is 5.92 Å². The van der Waals surface area contributed by atoms with E-state index in [2.05, 4.69) is 5.32 Å². The van der Waals surface area contributed by atoms with Crippen LogP contribution in [0.3, 0.4) is 0 Å². The molecule has 0 aromatic heterocycles. The Kier molecular flexibility index (Phi) is 5.21. The highest BCUT2D eigenvalue weighted by atomic mass is 16.5. The minimum Gasteiger partial charge on any atom is -0.378 e. The Hall–Kier alpha value is -1.30. The van der Waals surface area contributed by atoms with E-state index in [1.165, 1.54) is 0 Å². The molecule has 1 aliphatic rings. The molecule has 3 N–H and O–H groups in total. The Morgan fingerprint density at radius 2 is 2.00 bits per heavy atom. The van der Waals surface area contributed by atoms with Crippen LogP contribution < -0.4 is 11.1 Å². The summed E-state index contributed by atoms with van der Waals surface area (Å²) in [7, 11) is 0. The molecule has 1 fully saturated rings.